The molecule has 1 N–H and O–H groups in total. The van der Waals surface area contributed by atoms with Gasteiger partial charge >= 0.3 is 0 Å². The second-order valence-electron chi connectivity index (χ2n) is 3.62. The molecule has 3 heteroatoms. The van der Waals surface area contributed by atoms with Gasteiger partial charge in [0, 0.05) is 18.0 Å². The number of benzene rings is 1. The summed E-state index contributed by atoms with van der Waals surface area (Å²) >= 11 is 1.75. The molecule has 0 aliphatic rings. The molecule has 0 aliphatic heterocycles. The summed E-state index contributed by atoms with van der Waals surface area (Å²) in [6, 6.07) is 8.46. The predicted octanol–water partition coefficient (Wildman–Crippen LogP) is 2.62. The van der Waals surface area contributed by atoms with Crippen molar-refractivity contribution in [1.29, 1.82) is 0 Å². The van der Waals surface area contributed by atoms with Crippen LogP contribution in [0.3, 0.4) is 0 Å². The molecule has 0 spiro atoms. The molecule has 1 aromatic carbocycles. The van der Waals surface area contributed by atoms with Crippen molar-refractivity contribution in [3.63, 3.8) is 0 Å². The molecule has 14 heavy (non-hydrogen) atoms. The molecule has 0 saturated carbocycles. The molecule has 0 aliphatic carbocycles. The molecule has 0 amide bonds. The Kier molecular flexibility index (Phi) is 4.84. The van der Waals surface area contributed by atoms with E-state index in [1.165, 1.54) is 11.3 Å². The van der Waals surface area contributed by atoms with Crippen LogP contribution in [0.4, 0.5) is 5.69 Å². The van der Waals surface area contributed by atoms with Crippen LogP contribution in [0.2, 0.25) is 0 Å². The van der Waals surface area contributed by atoms with Crippen molar-refractivity contribution in [2.24, 2.45) is 0 Å². The van der Waals surface area contributed by atoms with E-state index in [1.54, 1.807) is 11.9 Å². The van der Waals surface area contributed by atoms with E-state index in [-0.39, 0.29) is 0 Å². The Morgan fingerprint density at radius 2 is 1.86 bits per heavy atom. The first-order chi connectivity index (χ1) is 6.68. The van der Waals surface area contributed by atoms with Crippen molar-refractivity contribution in [3.05, 3.63) is 29.8 Å². The van der Waals surface area contributed by atoms with Crippen LogP contribution in [0.25, 0.3) is 0 Å². The van der Waals surface area contributed by atoms with Gasteiger partial charge in [0.15, 0.2) is 0 Å². The molecular formula is C11H18N2S. The van der Waals surface area contributed by atoms with Gasteiger partial charge in [0.25, 0.3) is 0 Å². The lowest BCUT2D eigenvalue weighted by Gasteiger charge is -2.09. The average molecular weight is 210 g/mol. The average Bonchev–Trinajstić information content (AvgIpc) is 2.15. The molecular weight excluding hydrogens is 192 g/mol. The second kappa shape index (κ2) is 5.94. The lowest BCUT2D eigenvalue weighted by Crippen LogP contribution is -2.15. The monoisotopic (exact) mass is 210 g/mol. The van der Waals surface area contributed by atoms with E-state index in [0.717, 1.165) is 12.3 Å². The predicted molar refractivity (Wildman–Crippen MR) is 65.8 cm³/mol. The van der Waals surface area contributed by atoms with Crippen LogP contribution in [0.1, 0.15) is 5.56 Å². The zero-order chi connectivity index (χ0) is 10.4. The van der Waals surface area contributed by atoms with Gasteiger partial charge in [-0.3, -0.25) is 0 Å². The Morgan fingerprint density at radius 1 is 1.21 bits per heavy atom. The van der Waals surface area contributed by atoms with Crippen molar-refractivity contribution < 1.29 is 0 Å². The first-order valence-corrected chi connectivity index (χ1v) is 5.76. The summed E-state index contributed by atoms with van der Waals surface area (Å²) in [6.45, 7) is 3.20. The van der Waals surface area contributed by atoms with Gasteiger partial charge in [-0.15, -0.1) is 0 Å². The van der Waals surface area contributed by atoms with E-state index in [2.05, 4.69) is 54.9 Å². The van der Waals surface area contributed by atoms with E-state index in [1.807, 2.05) is 0 Å². The van der Waals surface area contributed by atoms with Crippen LogP contribution in [0.5, 0.6) is 0 Å². The standard InChI is InChI=1S/C11H18N2S/c1-10-4-6-11(7-5-10)12-14-9-8-13(2)3/h4-7,12H,8-9H2,1-3H3. The van der Waals surface area contributed by atoms with Gasteiger partial charge in [-0.2, -0.15) is 0 Å². The van der Waals surface area contributed by atoms with E-state index < -0.39 is 0 Å². The number of nitrogens with one attached hydrogen (secondary N) is 1. The minimum atomic E-state index is 1.10. The van der Waals surface area contributed by atoms with Gasteiger partial charge < -0.3 is 9.62 Å². The molecule has 78 valence electrons. The molecule has 0 fully saturated rings. The lowest BCUT2D eigenvalue weighted by molar-refractivity contribution is 0.437. The number of anilines is 1. The third-order valence-electron chi connectivity index (χ3n) is 1.88. The quantitative estimate of drug-likeness (QED) is 0.594. The lowest BCUT2D eigenvalue weighted by atomic mass is 10.2. The molecule has 0 unspecified atom stereocenters. The maximum absolute atomic E-state index is 3.32. The van der Waals surface area contributed by atoms with E-state index in [4.69, 9.17) is 0 Å². The summed E-state index contributed by atoms with van der Waals surface area (Å²) in [7, 11) is 4.18. The topological polar surface area (TPSA) is 15.3 Å². The van der Waals surface area contributed by atoms with E-state index in [9.17, 15) is 0 Å². The number of hydrogen-bond acceptors (Lipinski definition) is 3. The Hall–Kier alpha value is -0.670. The van der Waals surface area contributed by atoms with Crippen molar-refractivity contribution in [3.8, 4) is 0 Å². The van der Waals surface area contributed by atoms with Gasteiger partial charge in [0.05, 0.1) is 0 Å². The zero-order valence-corrected chi connectivity index (χ0v) is 9.90. The largest absolute Gasteiger partial charge is 0.330 e. The first kappa shape index (κ1) is 11.4. The fourth-order valence-corrected chi connectivity index (χ4v) is 1.85. The van der Waals surface area contributed by atoms with Crippen LogP contribution >= 0.6 is 11.9 Å². The Labute approximate surface area is 90.8 Å². The third-order valence-corrected chi connectivity index (χ3v) is 2.65. The van der Waals surface area contributed by atoms with E-state index >= 15 is 0 Å². The summed E-state index contributed by atoms with van der Waals surface area (Å²) in [5.41, 5.74) is 2.48. The molecule has 0 aromatic heterocycles. The number of hydrogen-bond donors (Lipinski definition) is 1. The highest BCUT2D eigenvalue weighted by Gasteiger charge is 1.93. The van der Waals surface area contributed by atoms with Gasteiger partial charge in [-0.1, -0.05) is 29.6 Å². The highest BCUT2D eigenvalue weighted by molar-refractivity contribution is 8.00. The maximum atomic E-state index is 3.32. The summed E-state index contributed by atoms with van der Waals surface area (Å²) in [5.74, 6) is 1.10. The molecule has 0 saturated heterocycles. The molecule has 1 rings (SSSR count). The van der Waals surface area contributed by atoms with Crippen molar-refractivity contribution in [2.45, 2.75) is 6.92 Å². The first-order valence-electron chi connectivity index (χ1n) is 4.77. The normalized spacial score (nSPS) is 10.6. The van der Waals surface area contributed by atoms with Crippen molar-refractivity contribution >= 4 is 17.6 Å². The van der Waals surface area contributed by atoms with Gasteiger partial charge in [0.1, 0.15) is 0 Å². The molecule has 0 radical (unpaired) electrons. The summed E-state index contributed by atoms with van der Waals surface area (Å²) < 4.78 is 3.32. The van der Waals surface area contributed by atoms with E-state index in [0.29, 0.717) is 0 Å². The van der Waals surface area contributed by atoms with Crippen LogP contribution in [0, 0.1) is 6.92 Å². The molecule has 0 heterocycles. The number of aryl methyl sites for hydroxylation is 1. The highest BCUT2D eigenvalue weighted by Crippen LogP contribution is 2.13. The Morgan fingerprint density at radius 3 is 2.43 bits per heavy atom. The Balaban J connectivity index is 2.21. The maximum Gasteiger partial charge on any atom is 0.0440 e. The van der Waals surface area contributed by atoms with Crippen molar-refractivity contribution in [2.75, 3.05) is 31.1 Å². The van der Waals surface area contributed by atoms with Crippen LogP contribution in [0.15, 0.2) is 24.3 Å². The summed E-state index contributed by atoms with van der Waals surface area (Å²) in [5, 5.41) is 0. The van der Waals surface area contributed by atoms with Gasteiger partial charge in [-0.25, -0.2) is 0 Å². The molecule has 1 aromatic rings. The van der Waals surface area contributed by atoms with Gasteiger partial charge in [0.2, 0.25) is 0 Å². The zero-order valence-electron chi connectivity index (χ0n) is 9.08. The minimum Gasteiger partial charge on any atom is -0.330 e. The second-order valence-corrected chi connectivity index (χ2v) is 4.52. The minimum absolute atomic E-state index is 1.10. The number of nitrogens with zero attached hydrogens (tertiary/aromatic N) is 1. The SMILES string of the molecule is Cc1ccc(NSCCN(C)C)cc1. The smallest absolute Gasteiger partial charge is 0.0440 e. The number of rotatable bonds is 5. The third kappa shape index (κ3) is 4.53. The fraction of sp³-hybridized carbons (Fsp3) is 0.455. The highest BCUT2D eigenvalue weighted by atomic mass is 32.2. The van der Waals surface area contributed by atoms with Crippen LogP contribution in [-0.2, 0) is 0 Å². The molecule has 0 atom stereocenters. The van der Waals surface area contributed by atoms with Gasteiger partial charge in [-0.05, 0) is 33.2 Å². The fourth-order valence-electron chi connectivity index (χ4n) is 0.984. The Bertz CT molecular complexity index is 256. The van der Waals surface area contributed by atoms with Crippen LogP contribution in [-0.4, -0.2) is 31.3 Å². The summed E-state index contributed by atoms with van der Waals surface area (Å²) in [6.07, 6.45) is 0. The molecule has 0 bridgehead atoms. The molecule has 2 nitrogen and oxygen atoms in total. The van der Waals surface area contributed by atoms with Crippen LogP contribution < -0.4 is 4.72 Å². The van der Waals surface area contributed by atoms with Crippen molar-refractivity contribution in [1.82, 2.24) is 4.90 Å². The summed E-state index contributed by atoms with van der Waals surface area (Å²) in [4.78, 5) is 2.18.